The van der Waals surface area contributed by atoms with Gasteiger partial charge in [0.05, 0.1) is 36.7 Å². The van der Waals surface area contributed by atoms with Crippen LogP contribution in [0.3, 0.4) is 0 Å². The van der Waals surface area contributed by atoms with E-state index >= 15 is 0 Å². The number of oxazole rings is 1. The molecule has 1 aromatic carbocycles. The lowest BCUT2D eigenvalue weighted by molar-refractivity contribution is -0.118. The Morgan fingerprint density at radius 1 is 1.10 bits per heavy atom. The molecule has 3 aromatic rings. The molecule has 2 aliphatic rings. The van der Waals surface area contributed by atoms with E-state index in [4.69, 9.17) is 4.42 Å². The predicted molar refractivity (Wildman–Crippen MR) is 115 cm³/mol. The number of piperazine rings is 1. The molecule has 0 unspecified atom stereocenters. The van der Waals surface area contributed by atoms with E-state index in [1.165, 1.54) is 11.1 Å². The molecule has 2 aromatic heterocycles. The van der Waals surface area contributed by atoms with E-state index in [0.29, 0.717) is 18.7 Å². The van der Waals surface area contributed by atoms with Crippen LogP contribution < -0.4 is 20.4 Å². The molecular weight excluding hydrogens is 396 g/mol. The first kappa shape index (κ1) is 19.3. The van der Waals surface area contributed by atoms with Crippen molar-refractivity contribution in [2.75, 3.05) is 41.3 Å². The molecule has 0 bridgehead atoms. The third kappa shape index (κ3) is 3.87. The number of anilines is 3. The van der Waals surface area contributed by atoms with Crippen molar-refractivity contribution in [3.63, 3.8) is 0 Å². The first-order chi connectivity index (χ1) is 15.2. The molecule has 31 heavy (non-hydrogen) atoms. The molecule has 0 spiro atoms. The van der Waals surface area contributed by atoms with Gasteiger partial charge in [-0.1, -0.05) is 24.3 Å². The Kier molecular flexibility index (Phi) is 5.09. The first-order valence-electron chi connectivity index (χ1n) is 10.2. The Morgan fingerprint density at radius 2 is 1.90 bits per heavy atom. The third-order valence-corrected chi connectivity index (χ3v) is 5.55. The van der Waals surface area contributed by atoms with Gasteiger partial charge in [-0.15, -0.1) is 0 Å². The zero-order valence-corrected chi connectivity index (χ0v) is 16.9. The summed E-state index contributed by atoms with van der Waals surface area (Å²) in [5, 5.41) is 6.16. The second-order valence-electron chi connectivity index (χ2n) is 7.51. The van der Waals surface area contributed by atoms with Crippen molar-refractivity contribution in [2.45, 2.75) is 13.0 Å². The van der Waals surface area contributed by atoms with Crippen LogP contribution in [0.15, 0.2) is 53.3 Å². The van der Waals surface area contributed by atoms with Gasteiger partial charge in [0, 0.05) is 32.4 Å². The lowest BCUT2D eigenvalue weighted by atomic mass is 9.99. The molecule has 0 radical (unpaired) electrons. The van der Waals surface area contributed by atoms with Crippen molar-refractivity contribution < 1.29 is 14.0 Å². The van der Waals surface area contributed by atoms with Gasteiger partial charge in [-0.05, 0) is 17.2 Å². The van der Waals surface area contributed by atoms with Crippen LogP contribution in [-0.4, -0.2) is 48.0 Å². The fourth-order valence-electron chi connectivity index (χ4n) is 3.94. The van der Waals surface area contributed by atoms with E-state index in [2.05, 4.69) is 25.5 Å². The number of nitrogens with one attached hydrogen (secondary N) is 2. The summed E-state index contributed by atoms with van der Waals surface area (Å²) < 4.78 is 5.67. The molecule has 158 valence electrons. The van der Waals surface area contributed by atoms with Gasteiger partial charge in [-0.25, -0.2) is 4.98 Å². The maximum Gasteiger partial charge on any atom is 0.311 e. The summed E-state index contributed by atoms with van der Waals surface area (Å²) in [7, 11) is 0. The zero-order valence-electron chi connectivity index (χ0n) is 16.9. The van der Waals surface area contributed by atoms with Gasteiger partial charge in [0.15, 0.2) is 0 Å². The van der Waals surface area contributed by atoms with E-state index in [-0.39, 0.29) is 17.7 Å². The van der Waals surface area contributed by atoms with Crippen LogP contribution in [-0.2, 0) is 17.8 Å². The lowest BCUT2D eigenvalue weighted by Gasteiger charge is -2.30. The van der Waals surface area contributed by atoms with Crippen LogP contribution in [0, 0.1) is 0 Å². The smallest absolute Gasteiger partial charge is 0.311 e. The summed E-state index contributed by atoms with van der Waals surface area (Å²) in [6, 6.07) is 9.68. The summed E-state index contributed by atoms with van der Waals surface area (Å²) in [6.45, 7) is 3.84. The maximum atomic E-state index is 12.8. The SMILES string of the molecule is O=C(Nc1cnccc1N1CCNCC1)c1ncc(N2Cc3ccccc3CC2=O)o1. The number of amides is 2. The first-order valence-corrected chi connectivity index (χ1v) is 10.2. The van der Waals surface area contributed by atoms with Gasteiger partial charge < -0.3 is 20.0 Å². The molecule has 4 heterocycles. The molecule has 0 atom stereocenters. The van der Waals surface area contributed by atoms with Crippen molar-refractivity contribution in [1.29, 1.82) is 0 Å². The summed E-state index contributed by atoms with van der Waals surface area (Å²) in [5.41, 5.74) is 3.57. The van der Waals surface area contributed by atoms with Gasteiger partial charge in [0.2, 0.25) is 11.8 Å². The minimum Gasteiger partial charge on any atom is -0.416 e. The highest BCUT2D eigenvalue weighted by molar-refractivity contribution is 6.03. The number of carbonyl (C=O) groups excluding carboxylic acids is 2. The van der Waals surface area contributed by atoms with Crippen molar-refractivity contribution in [3.05, 3.63) is 65.9 Å². The van der Waals surface area contributed by atoms with Crippen LogP contribution in [0.25, 0.3) is 0 Å². The van der Waals surface area contributed by atoms with E-state index in [1.807, 2.05) is 30.3 Å². The van der Waals surface area contributed by atoms with E-state index in [9.17, 15) is 9.59 Å². The number of hydrogen-bond donors (Lipinski definition) is 2. The maximum absolute atomic E-state index is 12.8. The Balaban J connectivity index is 1.33. The number of nitrogens with zero attached hydrogens (tertiary/aromatic N) is 4. The van der Waals surface area contributed by atoms with Crippen molar-refractivity contribution in [3.8, 4) is 0 Å². The standard InChI is InChI=1S/C22H22N6O3/c29-19-11-15-3-1-2-4-16(15)14-28(19)20-13-25-22(31-20)21(30)26-17-12-24-6-5-18(17)27-9-7-23-8-10-27/h1-6,12-13,23H,7-11,14H2,(H,26,30). The van der Waals surface area contributed by atoms with E-state index in [0.717, 1.165) is 43.0 Å². The minimum atomic E-state index is -0.486. The molecule has 9 heteroatoms. The van der Waals surface area contributed by atoms with E-state index in [1.54, 1.807) is 12.4 Å². The average molecular weight is 418 g/mol. The molecule has 2 N–H and O–H groups in total. The van der Waals surface area contributed by atoms with Crippen LogP contribution in [0.5, 0.6) is 0 Å². The number of carbonyl (C=O) groups is 2. The summed E-state index contributed by atoms with van der Waals surface area (Å²) in [5.74, 6) is -0.412. The second kappa shape index (κ2) is 8.19. The number of benzene rings is 1. The number of aromatic nitrogens is 2. The molecule has 0 saturated carbocycles. The zero-order chi connectivity index (χ0) is 21.2. The Bertz CT molecular complexity index is 1120. The Morgan fingerprint density at radius 3 is 2.74 bits per heavy atom. The summed E-state index contributed by atoms with van der Waals surface area (Å²) in [4.78, 5) is 37.3. The highest BCUT2D eigenvalue weighted by atomic mass is 16.4. The van der Waals surface area contributed by atoms with Crippen LogP contribution >= 0.6 is 0 Å². The van der Waals surface area contributed by atoms with Crippen LogP contribution in [0.4, 0.5) is 17.3 Å². The Labute approximate surface area is 179 Å². The normalized spacial score (nSPS) is 16.2. The van der Waals surface area contributed by atoms with Crippen LogP contribution in [0.1, 0.15) is 21.8 Å². The molecule has 2 aliphatic heterocycles. The van der Waals surface area contributed by atoms with E-state index < -0.39 is 5.91 Å². The van der Waals surface area contributed by atoms with Crippen molar-refractivity contribution in [1.82, 2.24) is 15.3 Å². The molecule has 1 fully saturated rings. The summed E-state index contributed by atoms with van der Waals surface area (Å²) >= 11 is 0. The fourth-order valence-corrected chi connectivity index (χ4v) is 3.94. The van der Waals surface area contributed by atoms with Gasteiger partial charge in [0.1, 0.15) is 0 Å². The molecular formula is C22H22N6O3. The van der Waals surface area contributed by atoms with Crippen molar-refractivity contribution in [2.24, 2.45) is 0 Å². The number of hydrogen-bond acceptors (Lipinski definition) is 7. The molecule has 2 amide bonds. The van der Waals surface area contributed by atoms with Gasteiger partial charge in [-0.3, -0.25) is 19.5 Å². The monoisotopic (exact) mass is 418 g/mol. The molecule has 5 rings (SSSR count). The highest BCUT2D eigenvalue weighted by Gasteiger charge is 2.28. The van der Waals surface area contributed by atoms with Crippen LogP contribution in [0.2, 0.25) is 0 Å². The summed E-state index contributed by atoms with van der Waals surface area (Å²) in [6.07, 6.45) is 5.03. The lowest BCUT2D eigenvalue weighted by Crippen LogP contribution is -2.43. The second-order valence-corrected chi connectivity index (χ2v) is 7.51. The van der Waals surface area contributed by atoms with Gasteiger partial charge in [0.25, 0.3) is 5.89 Å². The Hall–Kier alpha value is -3.72. The number of rotatable bonds is 4. The number of pyridine rings is 1. The van der Waals surface area contributed by atoms with Gasteiger partial charge in [-0.2, -0.15) is 0 Å². The largest absolute Gasteiger partial charge is 0.416 e. The third-order valence-electron chi connectivity index (χ3n) is 5.55. The molecule has 9 nitrogen and oxygen atoms in total. The topological polar surface area (TPSA) is 104 Å². The predicted octanol–water partition coefficient (Wildman–Crippen LogP) is 1.82. The van der Waals surface area contributed by atoms with Crippen molar-refractivity contribution >= 4 is 29.1 Å². The molecule has 0 aliphatic carbocycles. The fraction of sp³-hybridized carbons (Fsp3) is 0.273. The minimum absolute atomic E-state index is 0.0879. The van der Waals surface area contributed by atoms with Gasteiger partial charge >= 0.3 is 5.91 Å². The molecule has 1 saturated heterocycles. The average Bonchev–Trinajstić information content (AvgIpc) is 3.30. The highest BCUT2D eigenvalue weighted by Crippen LogP contribution is 2.28. The quantitative estimate of drug-likeness (QED) is 0.666. The number of fused-ring (bicyclic) bond motifs is 1.